The molecule has 110 valence electrons. The molecule has 20 heavy (non-hydrogen) atoms. The number of likely N-dealkylation sites (N-methyl/N-ethyl adjacent to an activating group) is 2. The van der Waals surface area contributed by atoms with E-state index < -0.39 is 5.97 Å². The number of hydrogen-bond acceptors (Lipinski definition) is 3. The molecule has 0 bridgehead atoms. The van der Waals surface area contributed by atoms with Gasteiger partial charge in [0.2, 0.25) is 5.91 Å². The highest BCUT2D eigenvalue weighted by molar-refractivity contribution is 5.95. The predicted octanol–water partition coefficient (Wildman–Crippen LogP) is 2.00. The van der Waals surface area contributed by atoms with Crippen molar-refractivity contribution in [1.29, 1.82) is 0 Å². The van der Waals surface area contributed by atoms with Crippen LogP contribution in [0.25, 0.3) is 0 Å². The Labute approximate surface area is 119 Å². The molecule has 0 aliphatic carbocycles. The minimum atomic E-state index is -0.984. The molecule has 1 amide bonds. The molecular formula is C15H22N2O3. The molecule has 1 rings (SSSR count). The van der Waals surface area contributed by atoms with Crippen molar-refractivity contribution in [2.24, 2.45) is 0 Å². The maximum absolute atomic E-state index is 12.1. The van der Waals surface area contributed by atoms with Gasteiger partial charge in [-0.2, -0.15) is 0 Å². The highest BCUT2D eigenvalue weighted by atomic mass is 16.4. The summed E-state index contributed by atoms with van der Waals surface area (Å²) in [5.41, 5.74) is 1.75. The molecule has 1 aromatic rings. The Bertz CT molecular complexity index is 496. The van der Waals surface area contributed by atoms with Crippen molar-refractivity contribution in [1.82, 2.24) is 4.90 Å². The maximum atomic E-state index is 12.1. The summed E-state index contributed by atoms with van der Waals surface area (Å²) in [5.74, 6) is -0.988. The van der Waals surface area contributed by atoms with Crippen LogP contribution in [-0.2, 0) is 4.79 Å². The Kier molecular flexibility index (Phi) is 5.55. The van der Waals surface area contributed by atoms with Gasteiger partial charge < -0.3 is 14.9 Å². The molecule has 1 aromatic carbocycles. The first-order valence-electron chi connectivity index (χ1n) is 6.73. The molecule has 0 heterocycles. The average Bonchev–Trinajstić information content (AvgIpc) is 2.39. The van der Waals surface area contributed by atoms with E-state index in [2.05, 4.69) is 0 Å². The highest BCUT2D eigenvalue weighted by Crippen LogP contribution is 2.21. The molecule has 0 aliphatic heterocycles. The standard InChI is InChI=1S/C15H22N2O3/c1-5-17(6-2)14(18)10-16(4)13-9-11(3)7-8-12(13)15(19)20/h7-9H,5-6,10H2,1-4H3,(H,19,20). The van der Waals surface area contributed by atoms with Crippen molar-refractivity contribution in [3.8, 4) is 0 Å². The SMILES string of the molecule is CCN(CC)C(=O)CN(C)c1cc(C)ccc1C(=O)O. The van der Waals surface area contributed by atoms with Crippen LogP contribution in [0.5, 0.6) is 0 Å². The number of carbonyl (C=O) groups excluding carboxylic acids is 1. The van der Waals surface area contributed by atoms with Crippen molar-refractivity contribution >= 4 is 17.6 Å². The fourth-order valence-electron chi connectivity index (χ4n) is 2.10. The molecule has 0 atom stereocenters. The van der Waals surface area contributed by atoms with Crippen LogP contribution < -0.4 is 4.90 Å². The number of aromatic carboxylic acids is 1. The molecule has 0 radical (unpaired) electrons. The number of benzene rings is 1. The van der Waals surface area contributed by atoms with Gasteiger partial charge in [0.1, 0.15) is 0 Å². The first-order valence-corrected chi connectivity index (χ1v) is 6.73. The Balaban J connectivity index is 2.97. The second-order valence-corrected chi connectivity index (χ2v) is 4.75. The largest absolute Gasteiger partial charge is 0.478 e. The van der Waals surface area contributed by atoms with E-state index in [1.54, 1.807) is 35.0 Å². The van der Waals surface area contributed by atoms with Crippen molar-refractivity contribution in [3.05, 3.63) is 29.3 Å². The van der Waals surface area contributed by atoms with Crippen LogP contribution in [0.4, 0.5) is 5.69 Å². The van der Waals surface area contributed by atoms with Crippen molar-refractivity contribution in [2.45, 2.75) is 20.8 Å². The van der Waals surface area contributed by atoms with Gasteiger partial charge >= 0.3 is 5.97 Å². The Morgan fingerprint density at radius 3 is 2.30 bits per heavy atom. The van der Waals surface area contributed by atoms with E-state index in [1.165, 1.54) is 0 Å². The predicted molar refractivity (Wildman–Crippen MR) is 79.3 cm³/mol. The van der Waals surface area contributed by atoms with Crippen LogP contribution in [0.1, 0.15) is 29.8 Å². The number of carboxylic acids is 1. The summed E-state index contributed by atoms with van der Waals surface area (Å²) in [5, 5.41) is 9.22. The van der Waals surface area contributed by atoms with Gasteiger partial charge in [0.15, 0.2) is 0 Å². The molecule has 0 unspecified atom stereocenters. The van der Waals surface area contributed by atoms with E-state index in [0.29, 0.717) is 18.8 Å². The number of amides is 1. The molecule has 0 spiro atoms. The third-order valence-electron chi connectivity index (χ3n) is 3.28. The Morgan fingerprint density at radius 2 is 1.80 bits per heavy atom. The quantitative estimate of drug-likeness (QED) is 0.864. The first kappa shape index (κ1) is 16.0. The number of rotatable bonds is 6. The summed E-state index contributed by atoms with van der Waals surface area (Å²) in [6, 6.07) is 5.12. The zero-order valence-corrected chi connectivity index (χ0v) is 12.5. The van der Waals surface area contributed by atoms with E-state index in [9.17, 15) is 14.7 Å². The zero-order chi connectivity index (χ0) is 15.3. The number of carboxylic acid groups (broad SMARTS) is 1. The molecule has 1 N–H and O–H groups in total. The summed E-state index contributed by atoms with van der Waals surface area (Å²) < 4.78 is 0. The number of aryl methyl sites for hydroxylation is 1. The fraction of sp³-hybridized carbons (Fsp3) is 0.467. The van der Waals surface area contributed by atoms with Gasteiger partial charge in [-0.25, -0.2) is 4.79 Å². The normalized spacial score (nSPS) is 10.2. The Morgan fingerprint density at radius 1 is 1.20 bits per heavy atom. The van der Waals surface area contributed by atoms with Crippen LogP contribution >= 0.6 is 0 Å². The number of anilines is 1. The van der Waals surface area contributed by atoms with Gasteiger partial charge in [0.25, 0.3) is 0 Å². The van der Waals surface area contributed by atoms with Gasteiger partial charge in [0, 0.05) is 20.1 Å². The molecule has 0 fully saturated rings. The number of hydrogen-bond donors (Lipinski definition) is 1. The van der Waals surface area contributed by atoms with Crippen LogP contribution in [-0.4, -0.2) is 48.6 Å². The monoisotopic (exact) mass is 278 g/mol. The number of carbonyl (C=O) groups is 2. The van der Waals surface area contributed by atoms with E-state index in [1.807, 2.05) is 20.8 Å². The van der Waals surface area contributed by atoms with Crippen LogP contribution in [0.2, 0.25) is 0 Å². The van der Waals surface area contributed by atoms with Gasteiger partial charge in [-0.1, -0.05) is 6.07 Å². The van der Waals surface area contributed by atoms with Crippen LogP contribution in [0.15, 0.2) is 18.2 Å². The first-order chi connectivity index (χ1) is 9.40. The van der Waals surface area contributed by atoms with Crippen LogP contribution in [0, 0.1) is 6.92 Å². The Hall–Kier alpha value is -2.04. The maximum Gasteiger partial charge on any atom is 0.337 e. The van der Waals surface area contributed by atoms with E-state index in [4.69, 9.17) is 0 Å². The lowest BCUT2D eigenvalue weighted by molar-refractivity contribution is -0.129. The third-order valence-corrected chi connectivity index (χ3v) is 3.28. The second-order valence-electron chi connectivity index (χ2n) is 4.75. The topological polar surface area (TPSA) is 60.9 Å². The fourth-order valence-corrected chi connectivity index (χ4v) is 2.10. The lowest BCUT2D eigenvalue weighted by Gasteiger charge is -2.25. The number of nitrogens with zero attached hydrogens (tertiary/aromatic N) is 2. The van der Waals surface area contributed by atoms with Crippen molar-refractivity contribution in [2.75, 3.05) is 31.6 Å². The minimum absolute atomic E-state index is 0.00431. The molecule has 0 aromatic heterocycles. The molecule has 5 heteroatoms. The summed E-state index contributed by atoms with van der Waals surface area (Å²) in [6.45, 7) is 7.24. The summed E-state index contributed by atoms with van der Waals surface area (Å²) in [6.07, 6.45) is 0. The zero-order valence-electron chi connectivity index (χ0n) is 12.5. The molecule has 0 aliphatic rings. The summed E-state index contributed by atoms with van der Waals surface area (Å²) in [7, 11) is 1.74. The highest BCUT2D eigenvalue weighted by Gasteiger charge is 2.17. The lowest BCUT2D eigenvalue weighted by atomic mass is 10.1. The van der Waals surface area contributed by atoms with Crippen molar-refractivity contribution < 1.29 is 14.7 Å². The smallest absolute Gasteiger partial charge is 0.337 e. The van der Waals surface area contributed by atoms with Gasteiger partial charge in [-0.05, 0) is 38.5 Å². The molecule has 0 saturated carbocycles. The van der Waals surface area contributed by atoms with Crippen LogP contribution in [0.3, 0.4) is 0 Å². The van der Waals surface area contributed by atoms with E-state index in [-0.39, 0.29) is 18.0 Å². The summed E-state index contributed by atoms with van der Waals surface area (Å²) in [4.78, 5) is 26.8. The molecule has 0 saturated heterocycles. The van der Waals surface area contributed by atoms with E-state index in [0.717, 1.165) is 5.56 Å². The third kappa shape index (κ3) is 3.73. The summed E-state index contributed by atoms with van der Waals surface area (Å²) >= 11 is 0. The van der Waals surface area contributed by atoms with Gasteiger partial charge in [-0.3, -0.25) is 4.79 Å². The van der Waals surface area contributed by atoms with E-state index >= 15 is 0 Å². The van der Waals surface area contributed by atoms with Gasteiger partial charge in [-0.15, -0.1) is 0 Å². The lowest BCUT2D eigenvalue weighted by Crippen LogP contribution is -2.39. The molecular weight excluding hydrogens is 256 g/mol. The van der Waals surface area contributed by atoms with Gasteiger partial charge in [0.05, 0.1) is 17.8 Å². The minimum Gasteiger partial charge on any atom is -0.478 e. The van der Waals surface area contributed by atoms with Crippen molar-refractivity contribution in [3.63, 3.8) is 0 Å². The molecule has 5 nitrogen and oxygen atoms in total. The average molecular weight is 278 g/mol. The second kappa shape index (κ2) is 6.93.